The number of rotatable bonds is 2. The number of thiazole rings is 1. The van der Waals surface area contributed by atoms with Crippen molar-refractivity contribution < 1.29 is 0 Å². The summed E-state index contributed by atoms with van der Waals surface area (Å²) in [5.74, 6) is 0.525. The summed E-state index contributed by atoms with van der Waals surface area (Å²) in [5.41, 5.74) is 2.30. The van der Waals surface area contributed by atoms with Gasteiger partial charge in [0, 0.05) is 16.9 Å². The summed E-state index contributed by atoms with van der Waals surface area (Å²) >= 11 is 1.74. The zero-order valence-corrected chi connectivity index (χ0v) is 9.21. The van der Waals surface area contributed by atoms with Gasteiger partial charge in [-0.15, -0.1) is 11.3 Å². The van der Waals surface area contributed by atoms with Gasteiger partial charge in [0.2, 0.25) is 0 Å². The van der Waals surface area contributed by atoms with Gasteiger partial charge in [-0.2, -0.15) is 0 Å². The van der Waals surface area contributed by atoms with Gasteiger partial charge in [-0.25, -0.2) is 4.98 Å². The first-order valence-electron chi connectivity index (χ1n) is 4.78. The second kappa shape index (κ2) is 3.93. The maximum atomic E-state index is 4.60. The monoisotopic (exact) mass is 203 g/mol. The topological polar surface area (TPSA) is 12.9 Å². The third-order valence-corrected chi connectivity index (χ3v) is 3.23. The lowest BCUT2D eigenvalue weighted by Crippen LogP contribution is -1.85. The normalized spacial score (nSPS) is 10.8. The summed E-state index contributed by atoms with van der Waals surface area (Å²) in [5, 5.41) is 3.34. The van der Waals surface area contributed by atoms with Crippen LogP contribution in [0.2, 0.25) is 0 Å². The number of hydrogen-bond acceptors (Lipinski definition) is 2. The number of aromatic nitrogens is 1. The summed E-state index contributed by atoms with van der Waals surface area (Å²) < 4.78 is 0. The molecule has 0 aliphatic heterocycles. The fourth-order valence-corrected chi connectivity index (χ4v) is 2.14. The summed E-state index contributed by atoms with van der Waals surface area (Å²) in [6.07, 6.45) is 0. The Morgan fingerprint density at radius 1 is 1.14 bits per heavy atom. The quantitative estimate of drug-likeness (QED) is 0.720. The average molecular weight is 203 g/mol. The molecule has 0 bridgehead atoms. The molecule has 2 aromatic rings. The van der Waals surface area contributed by atoms with E-state index in [1.807, 2.05) is 18.2 Å². The van der Waals surface area contributed by atoms with Crippen LogP contribution in [0.3, 0.4) is 0 Å². The van der Waals surface area contributed by atoms with Crippen LogP contribution in [-0.2, 0) is 0 Å². The largest absolute Gasteiger partial charge is 0.241 e. The molecule has 1 aromatic heterocycles. The highest BCUT2D eigenvalue weighted by atomic mass is 32.1. The van der Waals surface area contributed by atoms with E-state index in [4.69, 9.17) is 0 Å². The van der Waals surface area contributed by atoms with Crippen LogP contribution in [0.1, 0.15) is 24.8 Å². The molecule has 72 valence electrons. The van der Waals surface area contributed by atoms with Crippen LogP contribution >= 0.6 is 11.3 Å². The second-order valence-electron chi connectivity index (χ2n) is 3.59. The number of nitrogens with zero attached hydrogens (tertiary/aromatic N) is 1. The average Bonchev–Trinajstić information content (AvgIpc) is 2.68. The van der Waals surface area contributed by atoms with Crippen molar-refractivity contribution in [3.05, 3.63) is 40.7 Å². The molecule has 1 nitrogen and oxygen atoms in total. The van der Waals surface area contributed by atoms with E-state index >= 15 is 0 Å². The maximum Gasteiger partial charge on any atom is 0.0958 e. The van der Waals surface area contributed by atoms with Crippen molar-refractivity contribution >= 4 is 11.3 Å². The molecule has 1 heterocycles. The number of benzene rings is 1. The molecule has 0 atom stereocenters. The molecular formula is C12H13NS. The van der Waals surface area contributed by atoms with Crippen molar-refractivity contribution in [2.75, 3.05) is 0 Å². The van der Waals surface area contributed by atoms with E-state index in [0.29, 0.717) is 5.92 Å². The Labute approximate surface area is 88.4 Å². The van der Waals surface area contributed by atoms with E-state index in [9.17, 15) is 0 Å². The zero-order valence-electron chi connectivity index (χ0n) is 8.40. The van der Waals surface area contributed by atoms with Gasteiger partial charge < -0.3 is 0 Å². The first-order chi connectivity index (χ1) is 6.77. The molecule has 0 aliphatic carbocycles. The maximum absolute atomic E-state index is 4.60. The van der Waals surface area contributed by atoms with Crippen LogP contribution in [0.25, 0.3) is 11.3 Å². The Kier molecular flexibility index (Phi) is 2.64. The Hall–Kier alpha value is -1.15. The fourth-order valence-electron chi connectivity index (χ4n) is 1.29. The minimum absolute atomic E-state index is 0.525. The summed E-state index contributed by atoms with van der Waals surface area (Å²) in [7, 11) is 0. The van der Waals surface area contributed by atoms with E-state index in [-0.39, 0.29) is 0 Å². The highest BCUT2D eigenvalue weighted by Crippen LogP contribution is 2.25. The van der Waals surface area contributed by atoms with Crippen LogP contribution in [0.5, 0.6) is 0 Å². The molecule has 1 aromatic carbocycles. The summed E-state index contributed by atoms with van der Waals surface area (Å²) in [4.78, 5) is 4.60. The summed E-state index contributed by atoms with van der Waals surface area (Å²) in [6, 6.07) is 10.3. The molecule has 0 N–H and O–H groups in total. The molecule has 2 rings (SSSR count). The Morgan fingerprint density at radius 2 is 1.86 bits per heavy atom. The van der Waals surface area contributed by atoms with Gasteiger partial charge in [-0.05, 0) is 0 Å². The molecule has 0 radical (unpaired) electrons. The summed E-state index contributed by atoms with van der Waals surface area (Å²) in [6.45, 7) is 4.35. The van der Waals surface area contributed by atoms with Crippen molar-refractivity contribution in [1.29, 1.82) is 0 Å². The van der Waals surface area contributed by atoms with Crippen LogP contribution in [0, 0.1) is 0 Å². The standard InChI is InChI=1S/C12H13NS/c1-9(2)12-13-11(8-14-12)10-6-4-3-5-7-10/h3-9H,1-2H3. The van der Waals surface area contributed by atoms with E-state index in [1.165, 1.54) is 10.6 Å². The van der Waals surface area contributed by atoms with E-state index in [1.54, 1.807) is 11.3 Å². The lowest BCUT2D eigenvalue weighted by atomic mass is 10.2. The van der Waals surface area contributed by atoms with E-state index < -0.39 is 0 Å². The second-order valence-corrected chi connectivity index (χ2v) is 4.48. The molecular weight excluding hydrogens is 190 g/mol. The van der Waals surface area contributed by atoms with Gasteiger partial charge in [-0.3, -0.25) is 0 Å². The van der Waals surface area contributed by atoms with Gasteiger partial charge in [0.25, 0.3) is 0 Å². The minimum Gasteiger partial charge on any atom is -0.241 e. The SMILES string of the molecule is CC(C)c1nc(-c2ccccc2)cs1. The third kappa shape index (κ3) is 1.85. The minimum atomic E-state index is 0.525. The van der Waals surface area contributed by atoms with Crippen LogP contribution in [0.15, 0.2) is 35.7 Å². The van der Waals surface area contributed by atoms with Gasteiger partial charge >= 0.3 is 0 Å². The molecule has 0 amide bonds. The Morgan fingerprint density at radius 3 is 2.43 bits per heavy atom. The predicted molar refractivity (Wildman–Crippen MR) is 61.6 cm³/mol. The van der Waals surface area contributed by atoms with Crippen LogP contribution < -0.4 is 0 Å². The fraction of sp³-hybridized carbons (Fsp3) is 0.250. The lowest BCUT2D eigenvalue weighted by Gasteiger charge is -1.97. The molecule has 0 spiro atoms. The first kappa shape index (κ1) is 9.41. The predicted octanol–water partition coefficient (Wildman–Crippen LogP) is 3.93. The van der Waals surface area contributed by atoms with Gasteiger partial charge in [0.05, 0.1) is 10.7 Å². The molecule has 0 saturated carbocycles. The first-order valence-corrected chi connectivity index (χ1v) is 5.66. The molecule has 0 fully saturated rings. The lowest BCUT2D eigenvalue weighted by molar-refractivity contribution is 0.853. The van der Waals surface area contributed by atoms with Gasteiger partial charge in [0.15, 0.2) is 0 Å². The van der Waals surface area contributed by atoms with Gasteiger partial charge in [-0.1, -0.05) is 44.2 Å². The van der Waals surface area contributed by atoms with Crippen LogP contribution in [0.4, 0.5) is 0 Å². The molecule has 14 heavy (non-hydrogen) atoms. The third-order valence-electron chi connectivity index (χ3n) is 2.09. The zero-order chi connectivity index (χ0) is 9.97. The van der Waals surface area contributed by atoms with Gasteiger partial charge in [0.1, 0.15) is 0 Å². The highest BCUT2D eigenvalue weighted by molar-refractivity contribution is 7.10. The molecule has 0 aliphatic rings. The van der Waals surface area contributed by atoms with Crippen molar-refractivity contribution in [3.8, 4) is 11.3 Å². The Bertz CT molecular complexity index is 403. The van der Waals surface area contributed by atoms with E-state index in [2.05, 4.69) is 36.3 Å². The Balaban J connectivity index is 2.34. The molecule has 0 saturated heterocycles. The number of hydrogen-bond donors (Lipinski definition) is 0. The van der Waals surface area contributed by atoms with Crippen molar-refractivity contribution in [1.82, 2.24) is 4.98 Å². The van der Waals surface area contributed by atoms with Crippen LogP contribution in [-0.4, -0.2) is 4.98 Å². The van der Waals surface area contributed by atoms with Crippen molar-refractivity contribution in [2.24, 2.45) is 0 Å². The molecule has 0 unspecified atom stereocenters. The smallest absolute Gasteiger partial charge is 0.0958 e. The molecule has 2 heteroatoms. The van der Waals surface area contributed by atoms with Crippen molar-refractivity contribution in [2.45, 2.75) is 19.8 Å². The highest BCUT2D eigenvalue weighted by Gasteiger charge is 2.06. The van der Waals surface area contributed by atoms with E-state index in [0.717, 1.165) is 5.69 Å². The van der Waals surface area contributed by atoms with Crippen molar-refractivity contribution in [3.63, 3.8) is 0 Å².